The third-order valence-corrected chi connectivity index (χ3v) is 5.30. The second-order valence-electron chi connectivity index (χ2n) is 6.95. The summed E-state index contributed by atoms with van der Waals surface area (Å²) in [5, 5.41) is 9.63. The van der Waals surface area contributed by atoms with Crippen molar-refractivity contribution in [3.63, 3.8) is 0 Å². The van der Waals surface area contributed by atoms with Gasteiger partial charge < -0.3 is 14.9 Å². The zero-order chi connectivity index (χ0) is 15.0. The van der Waals surface area contributed by atoms with E-state index in [-0.39, 0.29) is 29.8 Å². The van der Waals surface area contributed by atoms with E-state index in [0.717, 1.165) is 51.7 Å². The molecular formula is C16H26N2O3. The average Bonchev–Trinajstić information content (AvgIpc) is 3.22. The highest BCUT2D eigenvalue weighted by atomic mass is 16.3. The van der Waals surface area contributed by atoms with E-state index in [1.165, 1.54) is 0 Å². The number of carbonyl (C=O) groups excluding carboxylic acids is 2. The van der Waals surface area contributed by atoms with Gasteiger partial charge in [0.05, 0.1) is 6.10 Å². The van der Waals surface area contributed by atoms with Crippen LogP contribution in [0.1, 0.15) is 39.0 Å². The number of hydrogen-bond acceptors (Lipinski definition) is 3. The van der Waals surface area contributed by atoms with Crippen molar-refractivity contribution in [2.24, 2.45) is 17.8 Å². The minimum atomic E-state index is -0.333. The maximum atomic E-state index is 12.5. The highest BCUT2D eigenvalue weighted by molar-refractivity contribution is 5.82. The molecule has 0 spiro atoms. The van der Waals surface area contributed by atoms with E-state index in [1.54, 1.807) is 6.92 Å². The normalized spacial score (nSPS) is 28.8. The van der Waals surface area contributed by atoms with Gasteiger partial charge >= 0.3 is 0 Å². The number of nitrogens with zero attached hydrogens (tertiary/aromatic N) is 2. The van der Waals surface area contributed by atoms with Gasteiger partial charge in [-0.3, -0.25) is 9.59 Å². The summed E-state index contributed by atoms with van der Waals surface area (Å²) in [6.45, 7) is 4.74. The molecule has 2 aliphatic heterocycles. The molecule has 1 N–H and O–H groups in total. The Hall–Kier alpha value is -1.10. The topological polar surface area (TPSA) is 60.9 Å². The van der Waals surface area contributed by atoms with Gasteiger partial charge in [-0.25, -0.2) is 0 Å². The van der Waals surface area contributed by atoms with Crippen LogP contribution in [-0.4, -0.2) is 59.0 Å². The molecule has 2 saturated heterocycles. The Bertz CT molecular complexity index is 412. The van der Waals surface area contributed by atoms with Crippen molar-refractivity contribution in [1.29, 1.82) is 0 Å². The monoisotopic (exact) mass is 294 g/mol. The lowest BCUT2D eigenvalue weighted by atomic mass is 9.95. The SMILES string of the molecule is CC(O)C1CCN(C(=O)C2CCN(C(=O)C3CC3)CC2)C1. The minimum absolute atomic E-state index is 0.0704. The highest BCUT2D eigenvalue weighted by Gasteiger charge is 2.38. The van der Waals surface area contributed by atoms with Crippen LogP contribution in [0.4, 0.5) is 0 Å². The summed E-state index contributed by atoms with van der Waals surface area (Å²) < 4.78 is 0. The number of aliphatic hydroxyl groups is 1. The molecule has 2 unspecified atom stereocenters. The Kier molecular flexibility index (Phi) is 4.20. The zero-order valence-electron chi connectivity index (χ0n) is 12.8. The fourth-order valence-electron chi connectivity index (χ4n) is 3.57. The number of hydrogen-bond donors (Lipinski definition) is 1. The van der Waals surface area contributed by atoms with Crippen LogP contribution in [0.15, 0.2) is 0 Å². The molecule has 2 atom stereocenters. The van der Waals surface area contributed by atoms with Crippen molar-refractivity contribution in [2.45, 2.75) is 45.1 Å². The van der Waals surface area contributed by atoms with Crippen LogP contribution in [0.5, 0.6) is 0 Å². The first-order valence-corrected chi connectivity index (χ1v) is 8.32. The third-order valence-electron chi connectivity index (χ3n) is 5.30. The van der Waals surface area contributed by atoms with Gasteiger partial charge in [0.1, 0.15) is 0 Å². The zero-order valence-corrected chi connectivity index (χ0v) is 12.8. The van der Waals surface area contributed by atoms with E-state index in [0.29, 0.717) is 12.5 Å². The summed E-state index contributed by atoms with van der Waals surface area (Å²) in [6, 6.07) is 0. The fourth-order valence-corrected chi connectivity index (χ4v) is 3.57. The first kappa shape index (κ1) is 14.8. The van der Waals surface area contributed by atoms with E-state index in [9.17, 15) is 14.7 Å². The van der Waals surface area contributed by atoms with Gasteiger partial charge in [0.15, 0.2) is 0 Å². The lowest BCUT2D eigenvalue weighted by Crippen LogP contribution is -2.44. The van der Waals surface area contributed by atoms with Crippen LogP contribution in [0.25, 0.3) is 0 Å². The molecule has 118 valence electrons. The molecule has 0 aromatic rings. The van der Waals surface area contributed by atoms with E-state index in [4.69, 9.17) is 0 Å². The molecule has 0 aromatic carbocycles. The molecule has 0 bridgehead atoms. The summed E-state index contributed by atoms with van der Waals surface area (Å²) >= 11 is 0. The van der Waals surface area contributed by atoms with Crippen molar-refractivity contribution >= 4 is 11.8 Å². The lowest BCUT2D eigenvalue weighted by molar-refractivity contribution is -0.140. The number of aliphatic hydroxyl groups excluding tert-OH is 1. The molecule has 0 aromatic heterocycles. The summed E-state index contributed by atoms with van der Waals surface area (Å²) in [5.41, 5.74) is 0. The molecule has 1 aliphatic carbocycles. The Morgan fingerprint density at radius 3 is 1.95 bits per heavy atom. The quantitative estimate of drug-likeness (QED) is 0.840. The third kappa shape index (κ3) is 3.23. The predicted molar refractivity (Wildman–Crippen MR) is 78.4 cm³/mol. The summed E-state index contributed by atoms with van der Waals surface area (Å²) in [4.78, 5) is 28.4. The smallest absolute Gasteiger partial charge is 0.225 e. The van der Waals surface area contributed by atoms with E-state index in [1.807, 2.05) is 9.80 Å². The lowest BCUT2D eigenvalue weighted by Gasteiger charge is -2.33. The molecule has 5 heteroatoms. The molecule has 5 nitrogen and oxygen atoms in total. The largest absolute Gasteiger partial charge is 0.393 e. The Morgan fingerprint density at radius 1 is 0.905 bits per heavy atom. The van der Waals surface area contributed by atoms with Crippen LogP contribution < -0.4 is 0 Å². The molecule has 21 heavy (non-hydrogen) atoms. The summed E-state index contributed by atoms with van der Waals surface area (Å²) in [6.07, 6.45) is 4.27. The van der Waals surface area contributed by atoms with Gasteiger partial charge in [-0.1, -0.05) is 0 Å². The van der Waals surface area contributed by atoms with Crippen molar-refractivity contribution in [2.75, 3.05) is 26.2 Å². The first-order chi connectivity index (χ1) is 10.1. The van der Waals surface area contributed by atoms with E-state index < -0.39 is 0 Å². The highest BCUT2D eigenvalue weighted by Crippen LogP contribution is 2.33. The molecule has 0 radical (unpaired) electrons. The van der Waals surface area contributed by atoms with Crippen molar-refractivity contribution < 1.29 is 14.7 Å². The fraction of sp³-hybridized carbons (Fsp3) is 0.875. The molecule has 3 fully saturated rings. The maximum Gasteiger partial charge on any atom is 0.225 e. The molecule has 3 rings (SSSR count). The molecule has 2 heterocycles. The van der Waals surface area contributed by atoms with Crippen molar-refractivity contribution in [3.8, 4) is 0 Å². The van der Waals surface area contributed by atoms with E-state index in [2.05, 4.69) is 0 Å². The van der Waals surface area contributed by atoms with Gasteiger partial charge in [0.2, 0.25) is 11.8 Å². The number of likely N-dealkylation sites (tertiary alicyclic amines) is 2. The first-order valence-electron chi connectivity index (χ1n) is 8.32. The Morgan fingerprint density at radius 2 is 1.43 bits per heavy atom. The van der Waals surface area contributed by atoms with Crippen LogP contribution in [0, 0.1) is 17.8 Å². The number of carbonyl (C=O) groups is 2. The van der Waals surface area contributed by atoms with Crippen LogP contribution in [0.3, 0.4) is 0 Å². The molecular weight excluding hydrogens is 268 g/mol. The molecule has 1 saturated carbocycles. The Balaban J connectivity index is 1.48. The average molecular weight is 294 g/mol. The van der Waals surface area contributed by atoms with E-state index >= 15 is 0 Å². The number of piperidine rings is 1. The number of rotatable bonds is 3. The van der Waals surface area contributed by atoms with Gasteiger partial charge in [-0.05, 0) is 39.0 Å². The van der Waals surface area contributed by atoms with Crippen LogP contribution in [0.2, 0.25) is 0 Å². The summed E-state index contributed by atoms with van der Waals surface area (Å²) in [5.74, 6) is 1.11. The summed E-state index contributed by atoms with van der Waals surface area (Å²) in [7, 11) is 0. The molecule has 2 amide bonds. The Labute approximate surface area is 126 Å². The maximum absolute atomic E-state index is 12.5. The van der Waals surface area contributed by atoms with Crippen molar-refractivity contribution in [1.82, 2.24) is 9.80 Å². The van der Waals surface area contributed by atoms with Gasteiger partial charge in [-0.15, -0.1) is 0 Å². The standard InChI is InChI=1S/C16H26N2O3/c1-11(19)14-6-9-18(10-14)16(21)13-4-7-17(8-5-13)15(20)12-2-3-12/h11-14,19H,2-10H2,1H3. The van der Waals surface area contributed by atoms with Gasteiger partial charge in [0, 0.05) is 43.9 Å². The van der Waals surface area contributed by atoms with Gasteiger partial charge in [-0.2, -0.15) is 0 Å². The van der Waals surface area contributed by atoms with Gasteiger partial charge in [0.25, 0.3) is 0 Å². The van der Waals surface area contributed by atoms with Crippen molar-refractivity contribution in [3.05, 3.63) is 0 Å². The number of amides is 2. The second kappa shape index (κ2) is 5.95. The molecule has 3 aliphatic rings. The minimum Gasteiger partial charge on any atom is -0.393 e. The van der Waals surface area contributed by atoms with Crippen LogP contribution in [-0.2, 0) is 9.59 Å². The van der Waals surface area contributed by atoms with Crippen LogP contribution >= 0.6 is 0 Å². The second-order valence-corrected chi connectivity index (χ2v) is 6.95. The predicted octanol–water partition coefficient (Wildman–Crippen LogP) is 0.864.